The molecular weight excluding hydrogens is 212 g/mol. The van der Waals surface area contributed by atoms with Gasteiger partial charge in [0, 0.05) is 12.2 Å². The highest BCUT2D eigenvalue weighted by Gasteiger charge is 2.28. The molecule has 0 spiro atoms. The van der Waals surface area contributed by atoms with E-state index in [1.54, 1.807) is 0 Å². The van der Waals surface area contributed by atoms with Crippen LogP contribution in [0.2, 0.25) is 0 Å². The number of nitrogens with one attached hydrogen (secondary N) is 1. The van der Waals surface area contributed by atoms with Gasteiger partial charge in [-0.15, -0.1) is 0 Å². The molecule has 3 nitrogen and oxygen atoms in total. The van der Waals surface area contributed by atoms with Crippen LogP contribution in [0.1, 0.15) is 24.0 Å². The van der Waals surface area contributed by atoms with Gasteiger partial charge in [-0.2, -0.15) is 0 Å². The fourth-order valence-corrected chi connectivity index (χ4v) is 2.49. The maximum atomic E-state index is 12.3. The molecule has 1 fully saturated rings. The number of aryl methyl sites for hydroxylation is 2. The topological polar surface area (TPSA) is 32.3 Å². The van der Waals surface area contributed by atoms with Crippen molar-refractivity contribution in [3.05, 3.63) is 29.3 Å². The Morgan fingerprint density at radius 2 is 2.12 bits per heavy atom. The minimum Gasteiger partial charge on any atom is -0.311 e. The first-order valence-corrected chi connectivity index (χ1v) is 6.19. The summed E-state index contributed by atoms with van der Waals surface area (Å²) < 4.78 is 0. The monoisotopic (exact) mass is 232 g/mol. The van der Waals surface area contributed by atoms with Crippen LogP contribution in [-0.4, -0.2) is 25.5 Å². The van der Waals surface area contributed by atoms with Crippen LogP contribution in [0.3, 0.4) is 0 Å². The minimum absolute atomic E-state index is 0.0237. The predicted molar refractivity (Wildman–Crippen MR) is 70.4 cm³/mol. The first-order chi connectivity index (χ1) is 8.13. The van der Waals surface area contributed by atoms with E-state index in [4.69, 9.17) is 0 Å². The van der Waals surface area contributed by atoms with Crippen molar-refractivity contribution in [2.24, 2.45) is 0 Å². The Labute approximate surface area is 103 Å². The molecule has 1 aromatic carbocycles. The average molecular weight is 232 g/mol. The molecule has 17 heavy (non-hydrogen) atoms. The fourth-order valence-electron chi connectivity index (χ4n) is 2.49. The van der Waals surface area contributed by atoms with E-state index in [1.165, 1.54) is 11.1 Å². The molecule has 0 aromatic heterocycles. The summed E-state index contributed by atoms with van der Waals surface area (Å²) in [5.74, 6) is 0.200. The Hall–Kier alpha value is -1.35. The Morgan fingerprint density at radius 1 is 1.35 bits per heavy atom. The van der Waals surface area contributed by atoms with Crippen molar-refractivity contribution in [1.82, 2.24) is 5.32 Å². The Morgan fingerprint density at radius 3 is 2.76 bits per heavy atom. The molecule has 1 saturated heterocycles. The van der Waals surface area contributed by atoms with E-state index in [-0.39, 0.29) is 11.9 Å². The fraction of sp³-hybridized carbons (Fsp3) is 0.500. The van der Waals surface area contributed by atoms with Crippen LogP contribution in [0.5, 0.6) is 0 Å². The standard InChI is InChI=1S/C14H20N2O/c1-10-6-7-13(11(2)9-10)16-8-4-5-12(15-3)14(16)17/h6-7,9,12,15H,4-5,8H2,1-3H3. The summed E-state index contributed by atoms with van der Waals surface area (Å²) in [6, 6.07) is 6.23. The molecule has 1 aliphatic heterocycles. The third-order valence-corrected chi connectivity index (χ3v) is 3.43. The van der Waals surface area contributed by atoms with E-state index < -0.39 is 0 Å². The van der Waals surface area contributed by atoms with E-state index >= 15 is 0 Å². The summed E-state index contributed by atoms with van der Waals surface area (Å²) in [4.78, 5) is 14.2. The Balaban J connectivity index is 2.29. The molecule has 2 rings (SSSR count). The van der Waals surface area contributed by atoms with E-state index in [2.05, 4.69) is 37.4 Å². The molecule has 0 bridgehead atoms. The number of hydrogen-bond acceptors (Lipinski definition) is 2. The number of benzene rings is 1. The highest BCUT2D eigenvalue weighted by atomic mass is 16.2. The maximum Gasteiger partial charge on any atom is 0.244 e. The molecule has 0 aliphatic carbocycles. The number of amides is 1. The van der Waals surface area contributed by atoms with E-state index in [0.29, 0.717) is 0 Å². The van der Waals surface area contributed by atoms with Crippen molar-refractivity contribution in [2.45, 2.75) is 32.7 Å². The van der Waals surface area contributed by atoms with Crippen molar-refractivity contribution in [3.63, 3.8) is 0 Å². The molecule has 1 heterocycles. The van der Waals surface area contributed by atoms with Crippen LogP contribution < -0.4 is 10.2 Å². The lowest BCUT2D eigenvalue weighted by molar-refractivity contribution is -0.121. The van der Waals surface area contributed by atoms with Crippen LogP contribution in [-0.2, 0) is 4.79 Å². The van der Waals surface area contributed by atoms with Crippen LogP contribution >= 0.6 is 0 Å². The minimum atomic E-state index is -0.0237. The van der Waals surface area contributed by atoms with E-state index in [0.717, 1.165) is 25.1 Å². The van der Waals surface area contributed by atoms with Crippen LogP contribution in [0.4, 0.5) is 5.69 Å². The van der Waals surface area contributed by atoms with Gasteiger partial charge in [0.05, 0.1) is 6.04 Å². The number of anilines is 1. The Kier molecular flexibility index (Phi) is 3.48. The van der Waals surface area contributed by atoms with Crippen molar-refractivity contribution in [2.75, 3.05) is 18.5 Å². The molecular formula is C14H20N2O. The van der Waals surface area contributed by atoms with E-state index in [1.807, 2.05) is 11.9 Å². The van der Waals surface area contributed by atoms with Gasteiger partial charge in [-0.05, 0) is 45.4 Å². The van der Waals surface area contributed by atoms with Crippen molar-refractivity contribution in [3.8, 4) is 0 Å². The molecule has 0 radical (unpaired) electrons. The largest absolute Gasteiger partial charge is 0.311 e. The molecule has 1 amide bonds. The molecule has 3 heteroatoms. The second-order valence-corrected chi connectivity index (χ2v) is 4.76. The quantitative estimate of drug-likeness (QED) is 0.846. The smallest absolute Gasteiger partial charge is 0.244 e. The van der Waals surface area contributed by atoms with E-state index in [9.17, 15) is 4.79 Å². The lowest BCUT2D eigenvalue weighted by Gasteiger charge is -2.33. The van der Waals surface area contributed by atoms with Crippen LogP contribution in [0.25, 0.3) is 0 Å². The summed E-state index contributed by atoms with van der Waals surface area (Å²) in [5, 5.41) is 3.09. The van der Waals surface area contributed by atoms with Gasteiger partial charge in [-0.1, -0.05) is 17.7 Å². The molecule has 92 valence electrons. The maximum absolute atomic E-state index is 12.3. The van der Waals surface area contributed by atoms with Crippen molar-refractivity contribution < 1.29 is 4.79 Å². The highest BCUT2D eigenvalue weighted by Crippen LogP contribution is 2.25. The molecule has 1 atom stereocenters. The van der Waals surface area contributed by atoms with Gasteiger partial charge in [-0.25, -0.2) is 0 Å². The summed E-state index contributed by atoms with van der Waals surface area (Å²) >= 11 is 0. The molecule has 0 saturated carbocycles. The zero-order chi connectivity index (χ0) is 12.4. The van der Waals surface area contributed by atoms with Crippen LogP contribution in [0.15, 0.2) is 18.2 Å². The number of rotatable bonds is 2. The normalized spacial score (nSPS) is 20.8. The SMILES string of the molecule is CNC1CCCN(c2ccc(C)cc2C)C1=O. The van der Waals surface area contributed by atoms with Gasteiger partial charge in [0.1, 0.15) is 0 Å². The highest BCUT2D eigenvalue weighted by molar-refractivity contribution is 5.98. The molecule has 1 unspecified atom stereocenters. The number of carbonyl (C=O) groups is 1. The summed E-state index contributed by atoms with van der Waals surface area (Å²) in [7, 11) is 1.86. The zero-order valence-corrected chi connectivity index (χ0v) is 10.8. The van der Waals surface area contributed by atoms with Crippen LogP contribution in [0, 0.1) is 13.8 Å². The molecule has 1 aromatic rings. The number of carbonyl (C=O) groups excluding carboxylic acids is 1. The number of piperidine rings is 1. The van der Waals surface area contributed by atoms with Gasteiger partial charge < -0.3 is 10.2 Å². The van der Waals surface area contributed by atoms with Gasteiger partial charge in [0.2, 0.25) is 5.91 Å². The summed E-state index contributed by atoms with van der Waals surface area (Å²) in [5.41, 5.74) is 3.47. The molecule has 1 N–H and O–H groups in total. The average Bonchev–Trinajstić information content (AvgIpc) is 2.30. The summed E-state index contributed by atoms with van der Waals surface area (Å²) in [6.45, 7) is 4.98. The number of likely N-dealkylation sites (N-methyl/N-ethyl adjacent to an activating group) is 1. The van der Waals surface area contributed by atoms with Crippen molar-refractivity contribution >= 4 is 11.6 Å². The first-order valence-electron chi connectivity index (χ1n) is 6.19. The lowest BCUT2D eigenvalue weighted by atomic mass is 10.0. The molecule has 1 aliphatic rings. The second-order valence-electron chi connectivity index (χ2n) is 4.76. The third-order valence-electron chi connectivity index (χ3n) is 3.43. The Bertz CT molecular complexity index is 428. The van der Waals surface area contributed by atoms with Gasteiger partial charge in [0.25, 0.3) is 0 Å². The predicted octanol–water partition coefficient (Wildman–Crippen LogP) is 2.02. The number of nitrogens with zero attached hydrogens (tertiary/aromatic N) is 1. The third kappa shape index (κ3) is 2.34. The first kappa shape index (κ1) is 12.1. The lowest BCUT2D eigenvalue weighted by Crippen LogP contribution is -2.50. The number of hydrogen-bond donors (Lipinski definition) is 1. The zero-order valence-electron chi connectivity index (χ0n) is 10.8. The van der Waals surface area contributed by atoms with Gasteiger partial charge in [-0.3, -0.25) is 4.79 Å². The second kappa shape index (κ2) is 4.88. The van der Waals surface area contributed by atoms with Gasteiger partial charge in [0.15, 0.2) is 0 Å². The summed E-state index contributed by atoms with van der Waals surface area (Å²) in [6.07, 6.45) is 2.00. The van der Waals surface area contributed by atoms with Crippen molar-refractivity contribution in [1.29, 1.82) is 0 Å². The van der Waals surface area contributed by atoms with Gasteiger partial charge >= 0.3 is 0 Å².